The smallest absolute Gasteiger partial charge is 0.264 e. The summed E-state index contributed by atoms with van der Waals surface area (Å²) in [5.41, 5.74) is 0.0818. The minimum atomic E-state index is -0.290. The summed E-state index contributed by atoms with van der Waals surface area (Å²) in [6.45, 7) is 0. The number of aldehydes is 1. The van der Waals surface area contributed by atoms with Gasteiger partial charge in [0.2, 0.25) is 0 Å². The highest BCUT2D eigenvalue weighted by Gasteiger charge is 1.85. The summed E-state index contributed by atoms with van der Waals surface area (Å²) in [5, 5.41) is 5.73. The van der Waals surface area contributed by atoms with Gasteiger partial charge in [0.25, 0.3) is 5.56 Å². The Morgan fingerprint density at radius 2 is 2.36 bits per heavy atom. The molecule has 54 valence electrons. The predicted octanol–water partition coefficient (Wildman–Crippen LogP) is -0.680. The zero-order valence-corrected chi connectivity index (χ0v) is 5.50. The third-order valence-corrected chi connectivity index (χ3v) is 0.938. The SMILES string of the molecule is O=CC#Cc1ccc(=O)[nH]n1. The standard InChI is InChI=1S/C7H4N2O2/c10-5-1-2-6-3-4-7(11)9-8-6/h3-5H,(H,9,11). The van der Waals surface area contributed by atoms with E-state index in [1.807, 2.05) is 0 Å². The maximum atomic E-state index is 10.5. The topological polar surface area (TPSA) is 62.8 Å². The highest BCUT2D eigenvalue weighted by atomic mass is 16.1. The zero-order chi connectivity index (χ0) is 8.10. The largest absolute Gasteiger partial charge is 0.289 e. The summed E-state index contributed by atoms with van der Waals surface area (Å²) < 4.78 is 0. The van der Waals surface area contributed by atoms with Crippen LogP contribution in [0, 0.1) is 11.8 Å². The second kappa shape index (κ2) is 3.32. The van der Waals surface area contributed by atoms with Crippen LogP contribution in [0.5, 0.6) is 0 Å². The quantitative estimate of drug-likeness (QED) is 0.391. The molecule has 0 unspecified atom stereocenters. The van der Waals surface area contributed by atoms with Crippen LogP contribution in [0.3, 0.4) is 0 Å². The molecule has 0 aliphatic heterocycles. The molecule has 1 rings (SSSR count). The van der Waals surface area contributed by atoms with Gasteiger partial charge < -0.3 is 0 Å². The molecule has 0 aromatic carbocycles. The fourth-order valence-electron chi connectivity index (χ4n) is 0.518. The number of nitrogens with zero attached hydrogens (tertiary/aromatic N) is 1. The van der Waals surface area contributed by atoms with E-state index in [2.05, 4.69) is 22.0 Å². The number of hydrogen-bond donors (Lipinski definition) is 1. The Bertz CT molecular complexity index is 350. The molecule has 4 heteroatoms. The Hall–Kier alpha value is -1.89. The number of aromatic nitrogens is 2. The number of aromatic amines is 1. The van der Waals surface area contributed by atoms with Crippen molar-refractivity contribution in [1.29, 1.82) is 0 Å². The van der Waals surface area contributed by atoms with E-state index in [1.54, 1.807) is 0 Å². The molecule has 0 amide bonds. The van der Waals surface area contributed by atoms with Crippen molar-refractivity contribution in [3.63, 3.8) is 0 Å². The van der Waals surface area contributed by atoms with Gasteiger partial charge in [0.1, 0.15) is 5.69 Å². The van der Waals surface area contributed by atoms with Gasteiger partial charge in [-0.25, -0.2) is 5.10 Å². The normalized spacial score (nSPS) is 8.00. The highest BCUT2D eigenvalue weighted by Crippen LogP contribution is 1.81. The monoisotopic (exact) mass is 148 g/mol. The lowest BCUT2D eigenvalue weighted by molar-refractivity contribution is -0.103. The molecule has 1 aromatic rings. The summed E-state index contributed by atoms with van der Waals surface area (Å²) >= 11 is 0. The van der Waals surface area contributed by atoms with Gasteiger partial charge in [-0.05, 0) is 17.9 Å². The fourth-order valence-corrected chi connectivity index (χ4v) is 0.518. The lowest BCUT2D eigenvalue weighted by atomic mass is 10.4. The Morgan fingerprint density at radius 3 is 2.91 bits per heavy atom. The van der Waals surface area contributed by atoms with Gasteiger partial charge in [-0.1, -0.05) is 0 Å². The van der Waals surface area contributed by atoms with Crippen molar-refractivity contribution < 1.29 is 4.79 Å². The molecular formula is C7H4N2O2. The molecule has 0 radical (unpaired) electrons. The number of nitrogens with one attached hydrogen (secondary N) is 1. The Labute approximate surface area is 62.3 Å². The van der Waals surface area contributed by atoms with E-state index in [0.29, 0.717) is 12.0 Å². The van der Waals surface area contributed by atoms with Gasteiger partial charge in [-0.2, -0.15) is 5.10 Å². The first kappa shape index (κ1) is 7.22. The van der Waals surface area contributed by atoms with Crippen molar-refractivity contribution in [1.82, 2.24) is 10.2 Å². The van der Waals surface area contributed by atoms with Crippen LogP contribution < -0.4 is 5.56 Å². The summed E-state index contributed by atoms with van der Waals surface area (Å²) in [6.07, 6.45) is 0.465. The van der Waals surface area contributed by atoms with Gasteiger partial charge in [-0.15, -0.1) is 0 Å². The molecule has 0 bridgehead atoms. The molecule has 0 saturated carbocycles. The van der Waals surface area contributed by atoms with Gasteiger partial charge in [0.15, 0.2) is 6.29 Å². The van der Waals surface area contributed by atoms with E-state index in [1.165, 1.54) is 12.1 Å². The van der Waals surface area contributed by atoms with Gasteiger partial charge in [0, 0.05) is 6.07 Å². The number of H-pyrrole nitrogens is 1. The third-order valence-electron chi connectivity index (χ3n) is 0.938. The van der Waals surface area contributed by atoms with Gasteiger partial charge >= 0.3 is 0 Å². The minimum Gasteiger partial charge on any atom is -0.289 e. The molecule has 0 aliphatic carbocycles. The van der Waals surface area contributed by atoms with Crippen LogP contribution in [0.4, 0.5) is 0 Å². The summed E-state index contributed by atoms with van der Waals surface area (Å²) in [6, 6.07) is 2.73. The molecular weight excluding hydrogens is 144 g/mol. The van der Waals surface area contributed by atoms with Crippen LogP contribution in [-0.4, -0.2) is 16.5 Å². The van der Waals surface area contributed by atoms with Crippen molar-refractivity contribution in [2.24, 2.45) is 0 Å². The van der Waals surface area contributed by atoms with E-state index >= 15 is 0 Å². The van der Waals surface area contributed by atoms with Gasteiger partial charge in [0.05, 0.1) is 0 Å². The molecule has 4 nitrogen and oxygen atoms in total. The zero-order valence-electron chi connectivity index (χ0n) is 5.50. The van der Waals surface area contributed by atoms with Gasteiger partial charge in [-0.3, -0.25) is 9.59 Å². The molecule has 0 saturated heterocycles. The maximum Gasteiger partial charge on any atom is 0.264 e. The molecule has 0 spiro atoms. The summed E-state index contributed by atoms with van der Waals surface area (Å²) in [5.74, 6) is 4.59. The van der Waals surface area contributed by atoms with Crippen LogP contribution >= 0.6 is 0 Å². The van der Waals surface area contributed by atoms with Crippen LogP contribution in [0.2, 0.25) is 0 Å². The second-order valence-electron chi connectivity index (χ2n) is 1.69. The lowest BCUT2D eigenvalue weighted by Gasteiger charge is -1.83. The third kappa shape index (κ3) is 2.06. The first-order valence-electron chi connectivity index (χ1n) is 2.84. The van der Waals surface area contributed by atoms with Crippen molar-refractivity contribution in [3.05, 3.63) is 28.2 Å². The molecule has 11 heavy (non-hydrogen) atoms. The van der Waals surface area contributed by atoms with Crippen LogP contribution in [-0.2, 0) is 4.79 Å². The first-order valence-corrected chi connectivity index (χ1v) is 2.84. The average molecular weight is 148 g/mol. The first-order chi connectivity index (χ1) is 5.33. The number of hydrogen-bond acceptors (Lipinski definition) is 3. The van der Waals surface area contributed by atoms with Crippen LogP contribution in [0.25, 0.3) is 0 Å². The van der Waals surface area contributed by atoms with Crippen molar-refractivity contribution in [3.8, 4) is 11.8 Å². The number of rotatable bonds is 0. The van der Waals surface area contributed by atoms with Crippen LogP contribution in [0.15, 0.2) is 16.9 Å². The van der Waals surface area contributed by atoms with E-state index in [-0.39, 0.29) is 5.56 Å². The molecule has 1 heterocycles. The lowest BCUT2D eigenvalue weighted by Crippen LogP contribution is -2.05. The molecule has 0 aliphatic rings. The molecule has 0 fully saturated rings. The molecule has 1 N–H and O–H groups in total. The molecule has 1 aromatic heterocycles. The summed E-state index contributed by atoms with van der Waals surface area (Å²) in [4.78, 5) is 20.2. The Balaban J connectivity index is 2.99. The molecule has 0 atom stereocenters. The Morgan fingerprint density at radius 1 is 1.55 bits per heavy atom. The fraction of sp³-hybridized carbons (Fsp3) is 0. The second-order valence-corrected chi connectivity index (χ2v) is 1.69. The minimum absolute atomic E-state index is 0.290. The predicted molar refractivity (Wildman–Crippen MR) is 37.8 cm³/mol. The number of carbonyl (C=O) groups excluding carboxylic acids is 1. The van der Waals surface area contributed by atoms with E-state index in [0.717, 1.165) is 0 Å². The Kier molecular flexibility index (Phi) is 2.18. The number of carbonyl (C=O) groups is 1. The maximum absolute atomic E-state index is 10.5. The average Bonchev–Trinajstić information content (AvgIpc) is 2.04. The van der Waals surface area contributed by atoms with E-state index in [9.17, 15) is 9.59 Å². The van der Waals surface area contributed by atoms with E-state index < -0.39 is 0 Å². The highest BCUT2D eigenvalue weighted by molar-refractivity contribution is 5.73. The summed E-state index contributed by atoms with van der Waals surface area (Å²) in [7, 11) is 0. The van der Waals surface area contributed by atoms with Crippen molar-refractivity contribution >= 4 is 6.29 Å². The van der Waals surface area contributed by atoms with Crippen molar-refractivity contribution in [2.75, 3.05) is 0 Å². The van der Waals surface area contributed by atoms with Crippen molar-refractivity contribution in [2.45, 2.75) is 0 Å². The van der Waals surface area contributed by atoms with E-state index in [4.69, 9.17) is 0 Å². The van der Waals surface area contributed by atoms with Crippen LogP contribution in [0.1, 0.15) is 5.69 Å².